The molecular formula is C35H33FN6O2S. The normalized spacial score (nSPS) is 13.9. The van der Waals surface area contributed by atoms with Crippen LogP contribution in [0.2, 0.25) is 0 Å². The molecule has 4 heterocycles. The van der Waals surface area contributed by atoms with Crippen LogP contribution in [0.25, 0.3) is 33.3 Å². The molecule has 1 aliphatic heterocycles. The summed E-state index contributed by atoms with van der Waals surface area (Å²) in [5.41, 5.74) is 7.45. The fourth-order valence-corrected chi connectivity index (χ4v) is 7.25. The molecule has 0 bridgehead atoms. The molecule has 1 saturated heterocycles. The minimum Gasteiger partial charge on any atom is -0.369 e. The molecular weight excluding hydrogens is 587 g/mol. The van der Waals surface area contributed by atoms with Gasteiger partial charge in [0.2, 0.25) is 0 Å². The van der Waals surface area contributed by atoms with Crippen LogP contribution in [0.3, 0.4) is 0 Å². The predicted octanol–water partition coefficient (Wildman–Crippen LogP) is 6.02. The summed E-state index contributed by atoms with van der Waals surface area (Å²) in [7, 11) is -3.95. The molecule has 0 radical (unpaired) electrons. The van der Waals surface area contributed by atoms with E-state index in [1.54, 1.807) is 53.6 Å². The molecule has 8 nitrogen and oxygen atoms in total. The Kier molecular flexibility index (Phi) is 7.47. The number of fused-ring (bicyclic) bond motifs is 1. The minimum absolute atomic E-state index is 0.185. The Morgan fingerprint density at radius 2 is 1.62 bits per heavy atom. The van der Waals surface area contributed by atoms with E-state index in [1.807, 2.05) is 26.0 Å². The lowest BCUT2D eigenvalue weighted by Crippen LogP contribution is -2.43. The fraction of sp³-hybridized carbons (Fsp3) is 0.200. The average molecular weight is 621 g/mol. The molecule has 0 amide bonds. The standard InChI is InChI=1S/C35H33FN6O2S/c1-24-6-12-31(13-7-24)45(43,44)42-23-34(33-21-39-41(25(33)2)22-26-4-3-5-29(36)18-26)32-19-28(20-38-35(32)42)27-8-10-30(11-9-27)40-16-14-37-15-17-40/h3-13,18-21,23,37H,14-17,22H2,1-2H3. The van der Waals surface area contributed by atoms with Gasteiger partial charge in [-0.15, -0.1) is 0 Å². The first-order chi connectivity index (χ1) is 21.8. The molecule has 1 N–H and O–H groups in total. The van der Waals surface area contributed by atoms with Crippen LogP contribution in [0.15, 0.2) is 102 Å². The number of hydrogen-bond acceptors (Lipinski definition) is 6. The van der Waals surface area contributed by atoms with Crippen molar-refractivity contribution in [3.8, 4) is 22.3 Å². The number of aryl methyl sites for hydroxylation is 1. The Bertz CT molecular complexity index is 2110. The highest BCUT2D eigenvalue weighted by Crippen LogP contribution is 2.36. The lowest BCUT2D eigenvalue weighted by molar-refractivity contribution is 0.588. The molecule has 10 heteroatoms. The van der Waals surface area contributed by atoms with E-state index < -0.39 is 10.0 Å². The summed E-state index contributed by atoms with van der Waals surface area (Å²) in [6.45, 7) is 8.09. The monoisotopic (exact) mass is 620 g/mol. The van der Waals surface area contributed by atoms with E-state index in [2.05, 4.69) is 39.6 Å². The molecule has 0 atom stereocenters. The number of hydrogen-bond donors (Lipinski definition) is 1. The molecule has 0 saturated carbocycles. The van der Waals surface area contributed by atoms with Crippen LogP contribution in [0, 0.1) is 19.7 Å². The highest BCUT2D eigenvalue weighted by Gasteiger charge is 2.25. The average Bonchev–Trinajstić information content (AvgIpc) is 3.61. The Morgan fingerprint density at radius 3 is 2.36 bits per heavy atom. The molecule has 7 rings (SSSR count). The van der Waals surface area contributed by atoms with E-state index >= 15 is 0 Å². The largest absolute Gasteiger partial charge is 0.369 e. The van der Waals surface area contributed by atoms with Crippen molar-refractivity contribution in [1.29, 1.82) is 0 Å². The van der Waals surface area contributed by atoms with Gasteiger partial charge < -0.3 is 10.2 Å². The number of piperazine rings is 1. The Hall–Kier alpha value is -4.80. The highest BCUT2D eigenvalue weighted by atomic mass is 32.2. The number of anilines is 1. The van der Waals surface area contributed by atoms with Crippen LogP contribution in [0.1, 0.15) is 16.8 Å². The quantitative estimate of drug-likeness (QED) is 0.235. The number of aromatic nitrogens is 4. The molecule has 3 aromatic heterocycles. The van der Waals surface area contributed by atoms with Crippen molar-refractivity contribution in [2.45, 2.75) is 25.3 Å². The van der Waals surface area contributed by atoms with E-state index in [1.165, 1.54) is 21.8 Å². The topological polar surface area (TPSA) is 85.0 Å². The predicted molar refractivity (Wildman–Crippen MR) is 175 cm³/mol. The number of rotatable bonds is 7. The van der Waals surface area contributed by atoms with Crippen LogP contribution in [0.5, 0.6) is 0 Å². The first-order valence-electron chi connectivity index (χ1n) is 14.9. The first kappa shape index (κ1) is 28.9. The molecule has 0 spiro atoms. The summed E-state index contributed by atoms with van der Waals surface area (Å²) in [5, 5.41) is 8.69. The van der Waals surface area contributed by atoms with Crippen molar-refractivity contribution in [3.63, 3.8) is 0 Å². The summed E-state index contributed by atoms with van der Waals surface area (Å²) in [6.07, 6.45) is 5.11. The number of nitrogens with zero attached hydrogens (tertiary/aromatic N) is 5. The number of halogens is 1. The van der Waals surface area contributed by atoms with E-state index in [9.17, 15) is 12.8 Å². The van der Waals surface area contributed by atoms with Gasteiger partial charge in [0, 0.05) is 72.0 Å². The Labute approximate surface area is 261 Å². The molecule has 1 aliphatic rings. The molecule has 6 aromatic rings. The van der Waals surface area contributed by atoms with E-state index in [-0.39, 0.29) is 10.7 Å². The van der Waals surface area contributed by atoms with E-state index in [4.69, 9.17) is 4.98 Å². The van der Waals surface area contributed by atoms with Crippen molar-refractivity contribution in [1.82, 2.24) is 24.1 Å². The molecule has 0 unspecified atom stereocenters. The highest BCUT2D eigenvalue weighted by molar-refractivity contribution is 7.90. The van der Waals surface area contributed by atoms with Crippen LogP contribution < -0.4 is 10.2 Å². The van der Waals surface area contributed by atoms with Crippen molar-refractivity contribution in [2.24, 2.45) is 0 Å². The van der Waals surface area contributed by atoms with Gasteiger partial charge >= 0.3 is 0 Å². The molecule has 228 valence electrons. The fourth-order valence-electron chi connectivity index (χ4n) is 5.93. The molecule has 1 fully saturated rings. The van der Waals surface area contributed by atoms with Gasteiger partial charge in [-0.25, -0.2) is 21.8 Å². The summed E-state index contributed by atoms with van der Waals surface area (Å²) < 4.78 is 44.9. The summed E-state index contributed by atoms with van der Waals surface area (Å²) in [5.74, 6) is -0.304. The second-order valence-corrected chi connectivity index (χ2v) is 13.3. The van der Waals surface area contributed by atoms with E-state index in [0.717, 1.165) is 59.7 Å². The number of pyridine rings is 1. The molecule has 3 aromatic carbocycles. The summed E-state index contributed by atoms with van der Waals surface area (Å²) in [6, 6.07) is 23.7. The molecule has 0 aliphatic carbocycles. The van der Waals surface area contributed by atoms with Crippen LogP contribution >= 0.6 is 0 Å². The zero-order valence-electron chi connectivity index (χ0n) is 25.1. The Balaban J connectivity index is 1.34. The van der Waals surface area contributed by atoms with Gasteiger partial charge in [-0.05, 0) is 67.4 Å². The first-order valence-corrected chi connectivity index (χ1v) is 16.4. The number of nitrogens with one attached hydrogen (secondary N) is 1. The number of benzene rings is 3. The lowest BCUT2D eigenvalue weighted by Gasteiger charge is -2.29. The van der Waals surface area contributed by atoms with Gasteiger partial charge in [0.25, 0.3) is 10.0 Å². The van der Waals surface area contributed by atoms with Crippen molar-refractivity contribution in [2.75, 3.05) is 31.1 Å². The van der Waals surface area contributed by atoms with Crippen molar-refractivity contribution < 1.29 is 12.8 Å². The van der Waals surface area contributed by atoms with Gasteiger partial charge in [0.15, 0.2) is 5.65 Å². The summed E-state index contributed by atoms with van der Waals surface area (Å²) in [4.78, 5) is 7.28. The zero-order chi connectivity index (χ0) is 31.1. The van der Waals surface area contributed by atoms with Crippen LogP contribution in [-0.2, 0) is 16.6 Å². The molecule has 45 heavy (non-hydrogen) atoms. The minimum atomic E-state index is -3.95. The SMILES string of the molecule is Cc1ccc(S(=O)(=O)n2cc(-c3cnn(Cc4cccc(F)c4)c3C)c3cc(-c4ccc(N5CCNCC5)cc4)cnc32)cc1. The Morgan fingerprint density at radius 1 is 0.867 bits per heavy atom. The summed E-state index contributed by atoms with van der Waals surface area (Å²) >= 11 is 0. The maximum Gasteiger partial charge on any atom is 0.269 e. The van der Waals surface area contributed by atoms with Gasteiger partial charge in [-0.1, -0.05) is 42.0 Å². The van der Waals surface area contributed by atoms with Gasteiger partial charge in [0.1, 0.15) is 5.82 Å². The van der Waals surface area contributed by atoms with Crippen LogP contribution in [-0.4, -0.2) is 53.3 Å². The second kappa shape index (κ2) is 11.6. The van der Waals surface area contributed by atoms with Gasteiger partial charge in [-0.3, -0.25) is 4.68 Å². The van der Waals surface area contributed by atoms with Crippen molar-refractivity contribution >= 4 is 26.7 Å². The van der Waals surface area contributed by atoms with Gasteiger partial charge in [0.05, 0.1) is 17.6 Å². The lowest BCUT2D eigenvalue weighted by atomic mass is 10.0. The maximum atomic E-state index is 14.0. The van der Waals surface area contributed by atoms with Gasteiger partial charge in [-0.2, -0.15) is 5.10 Å². The smallest absolute Gasteiger partial charge is 0.269 e. The van der Waals surface area contributed by atoms with Crippen molar-refractivity contribution in [3.05, 3.63) is 120 Å². The third-order valence-corrected chi connectivity index (χ3v) is 10.2. The zero-order valence-corrected chi connectivity index (χ0v) is 25.9. The van der Waals surface area contributed by atoms with Crippen LogP contribution in [0.4, 0.5) is 10.1 Å². The second-order valence-electron chi connectivity index (χ2n) is 11.5. The third kappa shape index (κ3) is 5.51. The third-order valence-electron chi connectivity index (χ3n) is 8.49. The van der Waals surface area contributed by atoms with E-state index in [0.29, 0.717) is 23.1 Å². The maximum absolute atomic E-state index is 14.0.